The van der Waals surface area contributed by atoms with Gasteiger partial charge in [0.2, 0.25) is 0 Å². The van der Waals surface area contributed by atoms with Crippen LogP contribution in [0, 0.1) is 11.6 Å². The maximum Gasteiger partial charge on any atom is 0.137 e. The van der Waals surface area contributed by atoms with Crippen LogP contribution in [0.25, 0.3) is 16.7 Å². The smallest absolute Gasteiger partial charge is 0.137 e. The Bertz CT molecular complexity index is 817. The van der Waals surface area contributed by atoms with Crippen molar-refractivity contribution in [3.05, 3.63) is 58.3 Å². The lowest BCUT2D eigenvalue weighted by Gasteiger charge is -2.09. The molecule has 0 aliphatic carbocycles. The minimum absolute atomic E-state index is 0.343. The molecule has 21 heavy (non-hydrogen) atoms. The Morgan fingerprint density at radius 1 is 1.14 bits per heavy atom. The minimum atomic E-state index is -0.353. The molecule has 0 atom stereocenters. The van der Waals surface area contributed by atoms with Gasteiger partial charge in [-0.25, -0.2) is 13.8 Å². The molecule has 0 saturated carbocycles. The molecule has 0 fully saturated rings. The summed E-state index contributed by atoms with van der Waals surface area (Å²) in [5.74, 6) is 0.411. The third kappa shape index (κ3) is 2.68. The van der Waals surface area contributed by atoms with Gasteiger partial charge in [-0.05, 0) is 46.3 Å². The summed E-state index contributed by atoms with van der Waals surface area (Å²) < 4.78 is 29.1. The molecule has 0 bridgehead atoms. The molecule has 3 rings (SSSR count). The SMILES string of the molecule is Fc1ccc2nc(CCCl)n(-c3ccc(F)c(Br)c3)c2c1. The average molecular weight is 372 g/mol. The van der Waals surface area contributed by atoms with Gasteiger partial charge in [-0.1, -0.05) is 0 Å². The number of aryl methyl sites for hydroxylation is 1. The Labute approximate surface area is 133 Å². The second kappa shape index (κ2) is 5.73. The summed E-state index contributed by atoms with van der Waals surface area (Å²) in [6.45, 7) is 0. The summed E-state index contributed by atoms with van der Waals surface area (Å²) >= 11 is 8.98. The molecule has 0 amide bonds. The van der Waals surface area contributed by atoms with Gasteiger partial charge in [-0.15, -0.1) is 11.6 Å². The number of halogens is 4. The first-order valence-electron chi connectivity index (χ1n) is 6.28. The fourth-order valence-corrected chi connectivity index (χ4v) is 2.80. The lowest BCUT2D eigenvalue weighted by Crippen LogP contribution is -2.02. The van der Waals surface area contributed by atoms with Gasteiger partial charge in [0, 0.05) is 24.1 Å². The second-order valence-electron chi connectivity index (χ2n) is 4.53. The van der Waals surface area contributed by atoms with Crippen molar-refractivity contribution in [1.29, 1.82) is 0 Å². The number of alkyl halides is 1. The Morgan fingerprint density at radius 3 is 2.67 bits per heavy atom. The van der Waals surface area contributed by atoms with Gasteiger partial charge < -0.3 is 0 Å². The Balaban J connectivity index is 2.29. The van der Waals surface area contributed by atoms with Crippen LogP contribution < -0.4 is 0 Å². The van der Waals surface area contributed by atoms with E-state index in [1.54, 1.807) is 22.8 Å². The van der Waals surface area contributed by atoms with Crippen molar-refractivity contribution in [3.63, 3.8) is 0 Å². The highest BCUT2D eigenvalue weighted by atomic mass is 79.9. The maximum atomic E-state index is 13.5. The van der Waals surface area contributed by atoms with Crippen LogP contribution in [-0.2, 0) is 6.42 Å². The van der Waals surface area contributed by atoms with Crippen molar-refractivity contribution in [2.24, 2.45) is 0 Å². The summed E-state index contributed by atoms with van der Waals surface area (Å²) in [7, 11) is 0. The number of imidazole rings is 1. The van der Waals surface area contributed by atoms with Crippen molar-refractivity contribution in [2.75, 3.05) is 5.88 Å². The molecule has 0 aliphatic heterocycles. The Morgan fingerprint density at radius 2 is 1.95 bits per heavy atom. The van der Waals surface area contributed by atoms with E-state index in [0.717, 1.165) is 0 Å². The lowest BCUT2D eigenvalue weighted by molar-refractivity contribution is 0.620. The highest BCUT2D eigenvalue weighted by Gasteiger charge is 2.14. The van der Waals surface area contributed by atoms with E-state index in [9.17, 15) is 8.78 Å². The number of benzene rings is 2. The van der Waals surface area contributed by atoms with E-state index in [-0.39, 0.29) is 11.6 Å². The number of nitrogens with zero attached hydrogens (tertiary/aromatic N) is 2. The first kappa shape index (κ1) is 14.5. The summed E-state index contributed by atoms with van der Waals surface area (Å²) in [5.41, 5.74) is 2.02. The monoisotopic (exact) mass is 370 g/mol. The van der Waals surface area contributed by atoms with Gasteiger partial charge >= 0.3 is 0 Å². The van der Waals surface area contributed by atoms with E-state index in [2.05, 4.69) is 20.9 Å². The molecule has 108 valence electrons. The highest BCUT2D eigenvalue weighted by molar-refractivity contribution is 9.10. The van der Waals surface area contributed by atoms with E-state index in [0.29, 0.717) is 39.3 Å². The molecule has 1 aromatic heterocycles. The van der Waals surface area contributed by atoms with Gasteiger partial charge in [-0.3, -0.25) is 4.57 Å². The Kier molecular flexibility index (Phi) is 3.95. The number of rotatable bonds is 3. The van der Waals surface area contributed by atoms with E-state index in [1.165, 1.54) is 18.2 Å². The molecule has 3 aromatic rings. The maximum absolute atomic E-state index is 13.5. The first-order chi connectivity index (χ1) is 10.1. The third-order valence-electron chi connectivity index (χ3n) is 3.17. The molecular weight excluding hydrogens is 362 g/mol. The van der Waals surface area contributed by atoms with E-state index in [4.69, 9.17) is 11.6 Å². The molecule has 1 heterocycles. The predicted molar refractivity (Wildman–Crippen MR) is 83.1 cm³/mol. The number of hydrogen-bond donors (Lipinski definition) is 0. The summed E-state index contributed by atoms with van der Waals surface area (Å²) in [6.07, 6.45) is 0.535. The summed E-state index contributed by atoms with van der Waals surface area (Å²) in [6, 6.07) is 9.03. The number of aromatic nitrogens is 2. The van der Waals surface area contributed by atoms with Crippen LogP contribution in [0.15, 0.2) is 40.9 Å². The van der Waals surface area contributed by atoms with Crippen LogP contribution >= 0.6 is 27.5 Å². The summed E-state index contributed by atoms with van der Waals surface area (Å²) in [4.78, 5) is 4.47. The normalized spacial score (nSPS) is 11.2. The van der Waals surface area contributed by atoms with Crippen molar-refractivity contribution < 1.29 is 8.78 Å². The zero-order valence-corrected chi connectivity index (χ0v) is 13.1. The lowest BCUT2D eigenvalue weighted by atomic mass is 10.2. The molecule has 2 aromatic carbocycles. The molecule has 6 heteroatoms. The van der Waals surface area contributed by atoms with E-state index >= 15 is 0 Å². The molecule has 0 N–H and O–H groups in total. The van der Waals surface area contributed by atoms with Gasteiger partial charge in [-0.2, -0.15) is 0 Å². The third-order valence-corrected chi connectivity index (χ3v) is 3.96. The quantitative estimate of drug-likeness (QED) is 0.602. The van der Waals surface area contributed by atoms with Crippen molar-refractivity contribution in [2.45, 2.75) is 6.42 Å². The van der Waals surface area contributed by atoms with Gasteiger partial charge in [0.05, 0.1) is 15.5 Å². The largest absolute Gasteiger partial charge is 0.296 e. The highest BCUT2D eigenvalue weighted by Crippen LogP contribution is 2.26. The van der Waals surface area contributed by atoms with E-state index < -0.39 is 0 Å². The fraction of sp³-hybridized carbons (Fsp3) is 0.133. The molecular formula is C15H10BrClF2N2. The number of fused-ring (bicyclic) bond motifs is 1. The summed E-state index contributed by atoms with van der Waals surface area (Å²) in [5, 5.41) is 0. The molecule has 2 nitrogen and oxygen atoms in total. The van der Waals surface area contributed by atoms with Gasteiger partial charge in [0.1, 0.15) is 17.5 Å². The van der Waals surface area contributed by atoms with Crippen LogP contribution in [-0.4, -0.2) is 15.4 Å². The zero-order valence-electron chi connectivity index (χ0n) is 10.8. The van der Waals surface area contributed by atoms with Crippen LogP contribution in [0.4, 0.5) is 8.78 Å². The van der Waals surface area contributed by atoms with Crippen LogP contribution in [0.1, 0.15) is 5.82 Å². The zero-order chi connectivity index (χ0) is 15.0. The van der Waals surface area contributed by atoms with Crippen molar-refractivity contribution in [1.82, 2.24) is 9.55 Å². The minimum Gasteiger partial charge on any atom is -0.296 e. The topological polar surface area (TPSA) is 17.8 Å². The van der Waals surface area contributed by atoms with Crippen LogP contribution in [0.5, 0.6) is 0 Å². The second-order valence-corrected chi connectivity index (χ2v) is 5.77. The van der Waals surface area contributed by atoms with Crippen LogP contribution in [0.2, 0.25) is 0 Å². The Hall–Kier alpha value is -1.46. The molecule has 0 radical (unpaired) electrons. The van der Waals surface area contributed by atoms with Gasteiger partial charge in [0.25, 0.3) is 0 Å². The molecule has 0 unspecified atom stereocenters. The first-order valence-corrected chi connectivity index (χ1v) is 7.61. The van der Waals surface area contributed by atoms with E-state index in [1.807, 2.05) is 0 Å². The molecule has 0 saturated heterocycles. The van der Waals surface area contributed by atoms with Crippen molar-refractivity contribution >= 4 is 38.6 Å². The molecule has 0 aliphatic rings. The van der Waals surface area contributed by atoms with Gasteiger partial charge in [0.15, 0.2) is 0 Å². The fourth-order valence-electron chi connectivity index (χ4n) is 2.26. The van der Waals surface area contributed by atoms with Crippen LogP contribution in [0.3, 0.4) is 0 Å². The standard InChI is InChI=1S/C15H10BrClF2N2/c16-11-8-10(2-3-12(11)19)21-14-7-9(18)1-4-13(14)20-15(21)5-6-17/h1-4,7-8H,5-6H2. The van der Waals surface area contributed by atoms with Crippen molar-refractivity contribution in [3.8, 4) is 5.69 Å². The average Bonchev–Trinajstić information content (AvgIpc) is 2.80. The number of hydrogen-bond acceptors (Lipinski definition) is 1. The molecule has 0 spiro atoms. The predicted octanol–water partition coefficient (Wildman–Crippen LogP) is 4.85.